The van der Waals surface area contributed by atoms with Gasteiger partial charge >= 0.3 is 0 Å². The maximum absolute atomic E-state index is 4.21. The maximum atomic E-state index is 4.21. The molecule has 0 atom stereocenters. The van der Waals surface area contributed by atoms with Gasteiger partial charge in [-0.1, -0.05) is 0 Å². The molecule has 1 aliphatic rings. The maximum Gasteiger partial charge on any atom is 0.0564 e. The summed E-state index contributed by atoms with van der Waals surface area (Å²) in [5.41, 5.74) is 1.22. The number of hydrogen-bond acceptors (Lipinski definition) is 3. The summed E-state index contributed by atoms with van der Waals surface area (Å²) in [4.78, 5) is 9.13. The van der Waals surface area contributed by atoms with Gasteiger partial charge in [0.1, 0.15) is 0 Å². The average Bonchev–Trinajstić information content (AvgIpc) is 2.29. The van der Waals surface area contributed by atoms with Crippen LogP contribution in [0.25, 0.3) is 0 Å². The van der Waals surface area contributed by atoms with E-state index in [-0.39, 0.29) is 0 Å². The molecule has 0 amide bonds. The predicted molar refractivity (Wildman–Crippen MR) is 70.9 cm³/mol. The number of piperazine rings is 1. The first-order chi connectivity index (χ1) is 7.66. The van der Waals surface area contributed by atoms with Crippen LogP contribution in [0.1, 0.15) is 13.8 Å². The number of pyridine rings is 1. The van der Waals surface area contributed by atoms with E-state index in [0.717, 1.165) is 30.7 Å². The van der Waals surface area contributed by atoms with Crippen LogP contribution in [0, 0.1) is 0 Å². The smallest absolute Gasteiger partial charge is 0.0564 e. The zero-order valence-corrected chi connectivity index (χ0v) is 11.4. The van der Waals surface area contributed by atoms with Crippen LogP contribution in [0.2, 0.25) is 0 Å². The molecule has 0 radical (unpaired) electrons. The largest absolute Gasteiger partial charge is 0.368 e. The second-order valence-electron chi connectivity index (χ2n) is 4.48. The van der Waals surface area contributed by atoms with Gasteiger partial charge in [-0.3, -0.25) is 9.88 Å². The fraction of sp³-hybridized carbons (Fsp3) is 0.583. The second kappa shape index (κ2) is 5.15. The SMILES string of the molecule is CC(C)N1CCN(c2cncc(Br)c2)CC1. The first-order valence-electron chi connectivity index (χ1n) is 5.76. The van der Waals surface area contributed by atoms with Gasteiger partial charge in [-0.25, -0.2) is 0 Å². The lowest BCUT2D eigenvalue weighted by Gasteiger charge is -2.38. The zero-order valence-electron chi connectivity index (χ0n) is 9.86. The summed E-state index contributed by atoms with van der Waals surface area (Å²) in [5.74, 6) is 0. The van der Waals surface area contributed by atoms with E-state index in [0.29, 0.717) is 6.04 Å². The summed E-state index contributed by atoms with van der Waals surface area (Å²) in [5, 5.41) is 0. The molecule has 0 unspecified atom stereocenters. The molecule has 0 aromatic carbocycles. The molecule has 0 saturated carbocycles. The van der Waals surface area contributed by atoms with E-state index in [1.807, 2.05) is 12.4 Å². The molecule has 2 heterocycles. The van der Waals surface area contributed by atoms with Crippen molar-refractivity contribution < 1.29 is 0 Å². The number of nitrogens with zero attached hydrogens (tertiary/aromatic N) is 3. The van der Waals surface area contributed by atoms with Gasteiger partial charge in [-0.2, -0.15) is 0 Å². The van der Waals surface area contributed by atoms with Crippen LogP contribution in [-0.4, -0.2) is 42.1 Å². The Bertz CT molecular complexity index is 346. The normalized spacial score (nSPS) is 18.1. The monoisotopic (exact) mass is 283 g/mol. The van der Waals surface area contributed by atoms with Crippen LogP contribution in [-0.2, 0) is 0 Å². The van der Waals surface area contributed by atoms with Crippen molar-refractivity contribution in [3.05, 3.63) is 22.9 Å². The fourth-order valence-electron chi connectivity index (χ4n) is 2.07. The van der Waals surface area contributed by atoms with Gasteiger partial charge in [-0.05, 0) is 35.8 Å². The van der Waals surface area contributed by atoms with Gasteiger partial charge in [0.15, 0.2) is 0 Å². The molecule has 2 rings (SSSR count). The minimum Gasteiger partial charge on any atom is -0.368 e. The molecule has 1 fully saturated rings. The van der Waals surface area contributed by atoms with Crippen LogP contribution in [0.5, 0.6) is 0 Å². The lowest BCUT2D eigenvalue weighted by molar-refractivity contribution is 0.209. The number of aromatic nitrogens is 1. The molecule has 4 heteroatoms. The summed E-state index contributed by atoms with van der Waals surface area (Å²) in [6.07, 6.45) is 3.77. The highest BCUT2D eigenvalue weighted by Crippen LogP contribution is 2.20. The zero-order chi connectivity index (χ0) is 11.5. The van der Waals surface area contributed by atoms with Gasteiger partial charge in [0.25, 0.3) is 0 Å². The van der Waals surface area contributed by atoms with Crippen molar-refractivity contribution in [1.82, 2.24) is 9.88 Å². The van der Waals surface area contributed by atoms with E-state index in [9.17, 15) is 0 Å². The van der Waals surface area contributed by atoms with Crippen LogP contribution < -0.4 is 4.90 Å². The molecule has 3 nitrogen and oxygen atoms in total. The Kier molecular flexibility index (Phi) is 3.82. The van der Waals surface area contributed by atoms with Gasteiger partial charge < -0.3 is 4.90 Å². The Morgan fingerprint density at radius 1 is 1.19 bits per heavy atom. The fourth-order valence-corrected chi connectivity index (χ4v) is 2.42. The Morgan fingerprint density at radius 3 is 2.44 bits per heavy atom. The summed E-state index contributed by atoms with van der Waals surface area (Å²) in [6.45, 7) is 8.99. The van der Waals surface area contributed by atoms with Gasteiger partial charge in [-0.15, -0.1) is 0 Å². The second-order valence-corrected chi connectivity index (χ2v) is 5.39. The quantitative estimate of drug-likeness (QED) is 0.831. The third-order valence-corrected chi connectivity index (χ3v) is 3.53. The van der Waals surface area contributed by atoms with E-state index in [4.69, 9.17) is 0 Å². The molecule has 0 N–H and O–H groups in total. The average molecular weight is 284 g/mol. The molecule has 1 aromatic rings. The molecule has 1 aromatic heterocycles. The lowest BCUT2D eigenvalue weighted by atomic mass is 10.2. The number of halogens is 1. The standard InChI is InChI=1S/C12H18BrN3/c1-10(2)15-3-5-16(6-4-15)12-7-11(13)8-14-9-12/h7-10H,3-6H2,1-2H3. The third-order valence-electron chi connectivity index (χ3n) is 3.10. The van der Waals surface area contributed by atoms with Gasteiger partial charge in [0.2, 0.25) is 0 Å². The van der Waals surface area contributed by atoms with Crippen molar-refractivity contribution in [2.24, 2.45) is 0 Å². The Morgan fingerprint density at radius 2 is 1.88 bits per heavy atom. The van der Waals surface area contributed by atoms with Crippen LogP contribution in [0.15, 0.2) is 22.9 Å². The van der Waals surface area contributed by atoms with E-state index >= 15 is 0 Å². The molecule has 0 spiro atoms. The highest BCUT2D eigenvalue weighted by atomic mass is 79.9. The topological polar surface area (TPSA) is 19.4 Å². The molecule has 0 aliphatic carbocycles. The lowest BCUT2D eigenvalue weighted by Crippen LogP contribution is -2.48. The van der Waals surface area contributed by atoms with Crippen LogP contribution in [0.3, 0.4) is 0 Å². The third kappa shape index (κ3) is 2.74. The van der Waals surface area contributed by atoms with Gasteiger partial charge in [0, 0.05) is 42.9 Å². The number of rotatable bonds is 2. The van der Waals surface area contributed by atoms with E-state index in [1.54, 1.807) is 0 Å². The van der Waals surface area contributed by atoms with Crippen molar-refractivity contribution in [2.45, 2.75) is 19.9 Å². The van der Waals surface area contributed by atoms with E-state index in [1.165, 1.54) is 5.69 Å². The molecular weight excluding hydrogens is 266 g/mol. The van der Waals surface area contributed by atoms with E-state index in [2.05, 4.69) is 50.6 Å². The number of anilines is 1. The Hall–Kier alpha value is -0.610. The van der Waals surface area contributed by atoms with Gasteiger partial charge in [0.05, 0.1) is 11.9 Å². The molecule has 1 aliphatic heterocycles. The number of hydrogen-bond donors (Lipinski definition) is 0. The highest BCUT2D eigenvalue weighted by molar-refractivity contribution is 9.10. The molecule has 1 saturated heterocycles. The minimum absolute atomic E-state index is 0.655. The molecule has 0 bridgehead atoms. The van der Waals surface area contributed by atoms with Crippen molar-refractivity contribution in [1.29, 1.82) is 0 Å². The van der Waals surface area contributed by atoms with E-state index < -0.39 is 0 Å². The summed E-state index contributed by atoms with van der Waals surface area (Å²) in [7, 11) is 0. The Labute approximate surface area is 106 Å². The summed E-state index contributed by atoms with van der Waals surface area (Å²) < 4.78 is 1.05. The highest BCUT2D eigenvalue weighted by Gasteiger charge is 2.18. The summed E-state index contributed by atoms with van der Waals surface area (Å²) in [6, 6.07) is 2.79. The van der Waals surface area contributed by atoms with Crippen LogP contribution in [0.4, 0.5) is 5.69 Å². The van der Waals surface area contributed by atoms with Crippen molar-refractivity contribution in [3.63, 3.8) is 0 Å². The molecule has 16 heavy (non-hydrogen) atoms. The molecule has 88 valence electrons. The van der Waals surface area contributed by atoms with Crippen molar-refractivity contribution in [2.75, 3.05) is 31.1 Å². The van der Waals surface area contributed by atoms with Crippen molar-refractivity contribution in [3.8, 4) is 0 Å². The summed E-state index contributed by atoms with van der Waals surface area (Å²) >= 11 is 3.46. The minimum atomic E-state index is 0.655. The molecular formula is C12H18BrN3. The predicted octanol–water partition coefficient (Wildman–Crippen LogP) is 2.37. The van der Waals surface area contributed by atoms with Crippen LogP contribution >= 0.6 is 15.9 Å². The first kappa shape index (κ1) is 11.9. The first-order valence-corrected chi connectivity index (χ1v) is 6.55. The van der Waals surface area contributed by atoms with Crippen molar-refractivity contribution >= 4 is 21.6 Å². The Balaban J connectivity index is 1.99.